The molecule has 0 aromatic carbocycles. The summed E-state index contributed by atoms with van der Waals surface area (Å²) >= 11 is 6.43. The number of hydrogen-bond donors (Lipinski definition) is 0. The number of thioether (sulfide) groups is 1. The predicted molar refractivity (Wildman–Crippen MR) is 41.3 cm³/mol. The molecule has 0 radical (unpaired) electrons. The highest BCUT2D eigenvalue weighted by Crippen LogP contribution is 2.28. The third kappa shape index (κ3) is 1.73. The van der Waals surface area contributed by atoms with E-state index in [0.717, 1.165) is 11.8 Å². The fraction of sp³-hybridized carbons (Fsp3) is 0.667. The van der Waals surface area contributed by atoms with Gasteiger partial charge in [-0.3, -0.25) is 9.59 Å². The molecule has 1 aliphatic rings. The van der Waals surface area contributed by atoms with Gasteiger partial charge in [-0.2, -0.15) is 0 Å². The van der Waals surface area contributed by atoms with Crippen LogP contribution in [0.2, 0.25) is 0 Å². The lowest BCUT2D eigenvalue weighted by Gasteiger charge is -2.00. The van der Waals surface area contributed by atoms with Gasteiger partial charge < -0.3 is 0 Å². The minimum Gasteiger partial charge on any atom is -0.297 e. The number of Topliss-reactive ketones (excluding diaryl/α,β-unsaturated/α-hetero) is 1. The molecule has 1 fully saturated rings. The summed E-state index contributed by atoms with van der Waals surface area (Å²) in [5.41, 5.74) is 0. The van der Waals surface area contributed by atoms with Crippen LogP contribution in [0.4, 0.5) is 0 Å². The van der Waals surface area contributed by atoms with Crippen LogP contribution in [0.25, 0.3) is 0 Å². The summed E-state index contributed by atoms with van der Waals surface area (Å²) in [6.07, 6.45) is 1.20. The lowest BCUT2D eigenvalue weighted by Crippen LogP contribution is -2.14. The van der Waals surface area contributed by atoms with Crippen LogP contribution in [0.5, 0.6) is 0 Å². The van der Waals surface area contributed by atoms with Crippen molar-refractivity contribution in [2.45, 2.75) is 18.1 Å². The van der Waals surface area contributed by atoms with Crippen molar-refractivity contribution in [2.75, 3.05) is 5.88 Å². The number of rotatable bonds is 2. The fourth-order valence-corrected chi connectivity index (χ4v) is 2.12. The van der Waals surface area contributed by atoms with Crippen molar-refractivity contribution in [3.05, 3.63) is 0 Å². The lowest BCUT2D eigenvalue weighted by molar-refractivity contribution is -0.116. The Morgan fingerprint density at radius 2 is 2.50 bits per heavy atom. The fourth-order valence-electron chi connectivity index (χ4n) is 0.838. The summed E-state index contributed by atoms with van der Waals surface area (Å²) in [6.45, 7) is 0. The van der Waals surface area contributed by atoms with Gasteiger partial charge in [0.1, 0.15) is 0 Å². The number of hydrogen-bond acceptors (Lipinski definition) is 3. The van der Waals surface area contributed by atoms with E-state index in [2.05, 4.69) is 0 Å². The standard InChI is InChI=1S/C6H7ClO2S/c7-3-4(8)5-1-2-6(9)10-5/h5H,1-3H2. The van der Waals surface area contributed by atoms with Crippen molar-refractivity contribution in [1.29, 1.82) is 0 Å². The van der Waals surface area contributed by atoms with E-state index in [1.807, 2.05) is 0 Å². The zero-order chi connectivity index (χ0) is 7.56. The number of carbonyl (C=O) groups excluding carboxylic acids is 2. The van der Waals surface area contributed by atoms with Crippen LogP contribution < -0.4 is 0 Å². The Balaban J connectivity index is 2.44. The molecular formula is C6H7ClO2S. The Morgan fingerprint density at radius 3 is 2.90 bits per heavy atom. The maximum absolute atomic E-state index is 10.9. The van der Waals surface area contributed by atoms with Gasteiger partial charge in [0, 0.05) is 6.42 Å². The zero-order valence-corrected chi connectivity index (χ0v) is 6.87. The van der Waals surface area contributed by atoms with Crippen molar-refractivity contribution in [2.24, 2.45) is 0 Å². The van der Waals surface area contributed by atoms with Crippen LogP contribution >= 0.6 is 23.4 Å². The molecule has 1 unspecified atom stereocenters. The molecule has 2 nitrogen and oxygen atoms in total. The highest BCUT2D eigenvalue weighted by molar-refractivity contribution is 8.15. The average molecular weight is 179 g/mol. The molecule has 0 saturated carbocycles. The number of halogens is 1. The van der Waals surface area contributed by atoms with Gasteiger partial charge in [-0.15, -0.1) is 11.6 Å². The van der Waals surface area contributed by atoms with Crippen molar-refractivity contribution in [3.63, 3.8) is 0 Å². The van der Waals surface area contributed by atoms with Crippen LogP contribution in [0.15, 0.2) is 0 Å². The van der Waals surface area contributed by atoms with E-state index in [1.54, 1.807) is 0 Å². The Hall–Kier alpha value is -0.0200. The number of ketones is 1. The van der Waals surface area contributed by atoms with E-state index in [9.17, 15) is 9.59 Å². The molecule has 0 aromatic rings. The van der Waals surface area contributed by atoms with Gasteiger partial charge in [-0.05, 0) is 6.42 Å². The Labute approximate surface area is 68.3 Å². The first-order chi connectivity index (χ1) is 4.74. The average Bonchev–Trinajstić information content (AvgIpc) is 2.34. The van der Waals surface area contributed by atoms with E-state index in [4.69, 9.17) is 11.6 Å². The van der Waals surface area contributed by atoms with Crippen molar-refractivity contribution in [3.8, 4) is 0 Å². The van der Waals surface area contributed by atoms with Gasteiger partial charge in [0.25, 0.3) is 0 Å². The number of alkyl halides is 1. The molecule has 0 N–H and O–H groups in total. The lowest BCUT2D eigenvalue weighted by atomic mass is 10.2. The van der Waals surface area contributed by atoms with Crippen molar-refractivity contribution < 1.29 is 9.59 Å². The molecular weight excluding hydrogens is 172 g/mol. The summed E-state index contributed by atoms with van der Waals surface area (Å²) in [4.78, 5) is 21.5. The molecule has 10 heavy (non-hydrogen) atoms. The maximum Gasteiger partial charge on any atom is 0.189 e. The number of carbonyl (C=O) groups is 2. The van der Waals surface area contributed by atoms with E-state index in [1.165, 1.54) is 0 Å². The normalized spacial score (nSPS) is 25.3. The largest absolute Gasteiger partial charge is 0.297 e. The quantitative estimate of drug-likeness (QED) is 0.597. The molecule has 1 atom stereocenters. The van der Waals surface area contributed by atoms with Gasteiger partial charge >= 0.3 is 0 Å². The van der Waals surface area contributed by atoms with E-state index < -0.39 is 0 Å². The van der Waals surface area contributed by atoms with Crippen LogP contribution in [-0.4, -0.2) is 22.0 Å². The summed E-state index contributed by atoms with van der Waals surface area (Å²) in [6, 6.07) is 0. The van der Waals surface area contributed by atoms with Crippen LogP contribution in [0, 0.1) is 0 Å². The minimum absolute atomic E-state index is 0.0162. The topological polar surface area (TPSA) is 34.1 Å². The summed E-state index contributed by atoms with van der Waals surface area (Å²) < 4.78 is 0. The zero-order valence-electron chi connectivity index (χ0n) is 5.30. The second-order valence-corrected chi connectivity index (χ2v) is 3.64. The first-order valence-corrected chi connectivity index (χ1v) is 4.43. The molecule has 0 spiro atoms. The molecule has 4 heteroatoms. The van der Waals surface area contributed by atoms with E-state index in [-0.39, 0.29) is 22.0 Å². The van der Waals surface area contributed by atoms with Gasteiger partial charge in [0.05, 0.1) is 11.1 Å². The first-order valence-electron chi connectivity index (χ1n) is 3.02. The summed E-state index contributed by atoms with van der Waals surface area (Å²) in [5.74, 6) is 0.0165. The van der Waals surface area contributed by atoms with Gasteiger partial charge in [0.2, 0.25) is 0 Å². The predicted octanol–water partition coefficient (Wildman–Crippen LogP) is 1.22. The molecule has 0 bridgehead atoms. The smallest absolute Gasteiger partial charge is 0.189 e. The molecule has 0 amide bonds. The Morgan fingerprint density at radius 1 is 1.80 bits per heavy atom. The Kier molecular flexibility index (Phi) is 2.74. The molecule has 1 saturated heterocycles. The summed E-state index contributed by atoms with van der Waals surface area (Å²) in [5, 5.41) is -0.0338. The van der Waals surface area contributed by atoms with E-state index >= 15 is 0 Å². The monoisotopic (exact) mass is 178 g/mol. The van der Waals surface area contributed by atoms with Crippen LogP contribution in [0.1, 0.15) is 12.8 Å². The van der Waals surface area contributed by atoms with Crippen LogP contribution in [0.3, 0.4) is 0 Å². The Bertz CT molecular complexity index is 169. The third-order valence-electron chi connectivity index (χ3n) is 1.38. The molecule has 1 rings (SSSR count). The molecule has 1 heterocycles. The second-order valence-electron chi connectivity index (χ2n) is 2.12. The highest BCUT2D eigenvalue weighted by Gasteiger charge is 2.27. The molecule has 0 aliphatic carbocycles. The van der Waals surface area contributed by atoms with Crippen molar-refractivity contribution in [1.82, 2.24) is 0 Å². The second kappa shape index (κ2) is 3.39. The SMILES string of the molecule is O=C1CCC(C(=O)CCl)S1. The van der Waals surface area contributed by atoms with Gasteiger partial charge in [0.15, 0.2) is 10.9 Å². The molecule has 56 valence electrons. The van der Waals surface area contributed by atoms with E-state index in [0.29, 0.717) is 12.8 Å². The summed E-state index contributed by atoms with van der Waals surface area (Å²) in [7, 11) is 0. The van der Waals surface area contributed by atoms with Gasteiger partial charge in [-0.1, -0.05) is 11.8 Å². The third-order valence-corrected chi connectivity index (χ3v) is 2.89. The maximum atomic E-state index is 10.9. The van der Waals surface area contributed by atoms with Gasteiger partial charge in [-0.25, -0.2) is 0 Å². The minimum atomic E-state index is -0.148. The first kappa shape index (κ1) is 8.08. The highest BCUT2D eigenvalue weighted by atomic mass is 35.5. The molecule has 1 aliphatic heterocycles. The molecule has 0 aromatic heterocycles. The van der Waals surface area contributed by atoms with Crippen LogP contribution in [-0.2, 0) is 9.59 Å². The van der Waals surface area contributed by atoms with Crippen molar-refractivity contribution >= 4 is 34.3 Å².